The van der Waals surface area contributed by atoms with Crippen molar-refractivity contribution >= 4 is 5.96 Å². The number of methoxy groups -OCH3 is 1. The van der Waals surface area contributed by atoms with Gasteiger partial charge in [-0.05, 0) is 23.0 Å². The van der Waals surface area contributed by atoms with Crippen LogP contribution in [0, 0.1) is 5.92 Å². The lowest BCUT2D eigenvalue weighted by molar-refractivity contribution is 0.157. The van der Waals surface area contributed by atoms with Gasteiger partial charge < -0.3 is 15.0 Å². The third-order valence-electron chi connectivity index (χ3n) is 4.47. The second-order valence-electron chi connectivity index (χ2n) is 7.40. The fraction of sp³-hybridized carbons (Fsp3) is 0.632. The molecule has 0 bridgehead atoms. The van der Waals surface area contributed by atoms with E-state index < -0.39 is 0 Å². The Bertz CT molecular complexity index is 516. The van der Waals surface area contributed by atoms with E-state index in [1.807, 2.05) is 7.05 Å². The van der Waals surface area contributed by atoms with E-state index in [4.69, 9.17) is 4.74 Å². The van der Waals surface area contributed by atoms with E-state index in [1.54, 1.807) is 7.11 Å². The SMILES string of the molecule is CN=C(NCc1ccc(C(C)(C)C)cc1)N1CCC(COC)C1. The van der Waals surface area contributed by atoms with Crippen molar-refractivity contribution in [1.82, 2.24) is 10.2 Å². The number of guanidine groups is 1. The van der Waals surface area contributed by atoms with Gasteiger partial charge in [-0.3, -0.25) is 4.99 Å². The molecule has 1 aliphatic rings. The molecular formula is C19H31N3O. The predicted molar refractivity (Wildman–Crippen MR) is 96.9 cm³/mol. The zero-order valence-corrected chi connectivity index (χ0v) is 15.2. The molecule has 1 heterocycles. The highest BCUT2D eigenvalue weighted by Crippen LogP contribution is 2.22. The van der Waals surface area contributed by atoms with Crippen molar-refractivity contribution < 1.29 is 4.74 Å². The second-order valence-corrected chi connectivity index (χ2v) is 7.40. The Morgan fingerprint density at radius 1 is 1.30 bits per heavy atom. The number of rotatable bonds is 4. The summed E-state index contributed by atoms with van der Waals surface area (Å²) in [6.45, 7) is 10.4. The minimum atomic E-state index is 0.202. The van der Waals surface area contributed by atoms with Gasteiger partial charge in [-0.1, -0.05) is 45.0 Å². The molecule has 2 rings (SSSR count). The molecule has 4 heteroatoms. The summed E-state index contributed by atoms with van der Waals surface area (Å²) in [6, 6.07) is 8.87. The zero-order chi connectivity index (χ0) is 16.9. The number of nitrogens with one attached hydrogen (secondary N) is 1. The molecule has 1 aliphatic heterocycles. The number of aliphatic imine (C=N–C) groups is 1. The molecule has 1 aromatic rings. The van der Waals surface area contributed by atoms with Gasteiger partial charge in [0.25, 0.3) is 0 Å². The average molecular weight is 317 g/mol. The van der Waals surface area contributed by atoms with Crippen LogP contribution < -0.4 is 5.32 Å². The minimum absolute atomic E-state index is 0.202. The lowest BCUT2D eigenvalue weighted by Gasteiger charge is -2.22. The largest absolute Gasteiger partial charge is 0.384 e. The van der Waals surface area contributed by atoms with Crippen molar-refractivity contribution in [2.75, 3.05) is 33.9 Å². The average Bonchev–Trinajstić information content (AvgIpc) is 2.96. The molecule has 0 aliphatic carbocycles. The molecule has 0 spiro atoms. The summed E-state index contributed by atoms with van der Waals surface area (Å²) in [7, 11) is 3.63. The van der Waals surface area contributed by atoms with Gasteiger partial charge >= 0.3 is 0 Å². The predicted octanol–water partition coefficient (Wildman–Crippen LogP) is 3.03. The number of hydrogen-bond acceptors (Lipinski definition) is 2. The summed E-state index contributed by atoms with van der Waals surface area (Å²) >= 11 is 0. The van der Waals surface area contributed by atoms with E-state index in [2.05, 4.69) is 60.2 Å². The van der Waals surface area contributed by atoms with Gasteiger partial charge in [-0.15, -0.1) is 0 Å². The maximum absolute atomic E-state index is 5.27. The third-order valence-corrected chi connectivity index (χ3v) is 4.47. The molecule has 0 amide bonds. The Kier molecular flexibility index (Phi) is 6.05. The maximum Gasteiger partial charge on any atom is 0.193 e. The molecule has 1 aromatic carbocycles. The van der Waals surface area contributed by atoms with Crippen LogP contribution in [-0.2, 0) is 16.7 Å². The molecule has 0 aromatic heterocycles. The summed E-state index contributed by atoms with van der Waals surface area (Å²) < 4.78 is 5.27. The van der Waals surface area contributed by atoms with Crippen LogP contribution in [0.2, 0.25) is 0 Å². The standard InChI is InChI=1S/C19H31N3O/c1-19(2,3)17-8-6-15(7-9-17)12-21-18(20-4)22-11-10-16(13-22)14-23-5/h6-9,16H,10-14H2,1-5H3,(H,20,21). The van der Waals surface area contributed by atoms with Crippen molar-refractivity contribution in [2.24, 2.45) is 10.9 Å². The van der Waals surface area contributed by atoms with Gasteiger partial charge in [0.2, 0.25) is 0 Å². The van der Waals surface area contributed by atoms with Crippen LogP contribution in [0.3, 0.4) is 0 Å². The number of benzene rings is 1. The first kappa shape index (κ1) is 17.8. The molecule has 1 saturated heterocycles. The van der Waals surface area contributed by atoms with Crippen molar-refractivity contribution in [1.29, 1.82) is 0 Å². The van der Waals surface area contributed by atoms with E-state index in [9.17, 15) is 0 Å². The Hall–Kier alpha value is -1.55. The van der Waals surface area contributed by atoms with Crippen LogP contribution in [0.4, 0.5) is 0 Å². The van der Waals surface area contributed by atoms with Crippen LogP contribution in [0.15, 0.2) is 29.3 Å². The highest BCUT2D eigenvalue weighted by molar-refractivity contribution is 5.80. The molecule has 1 atom stereocenters. The Morgan fingerprint density at radius 3 is 2.57 bits per heavy atom. The highest BCUT2D eigenvalue weighted by atomic mass is 16.5. The number of nitrogens with zero attached hydrogens (tertiary/aromatic N) is 2. The zero-order valence-electron chi connectivity index (χ0n) is 15.2. The molecule has 0 radical (unpaired) electrons. The summed E-state index contributed by atoms with van der Waals surface area (Å²) in [5, 5.41) is 3.48. The molecule has 1 fully saturated rings. The van der Waals surface area contributed by atoms with Gasteiger partial charge in [0.1, 0.15) is 0 Å². The van der Waals surface area contributed by atoms with Crippen molar-refractivity contribution in [3.63, 3.8) is 0 Å². The van der Waals surface area contributed by atoms with Crippen LogP contribution in [-0.4, -0.2) is 44.7 Å². The van der Waals surface area contributed by atoms with E-state index in [-0.39, 0.29) is 5.41 Å². The van der Waals surface area contributed by atoms with Gasteiger partial charge in [-0.25, -0.2) is 0 Å². The van der Waals surface area contributed by atoms with Crippen molar-refractivity contribution in [3.05, 3.63) is 35.4 Å². The first-order valence-corrected chi connectivity index (χ1v) is 8.48. The third kappa shape index (κ3) is 4.96. The highest BCUT2D eigenvalue weighted by Gasteiger charge is 2.24. The Morgan fingerprint density at radius 2 is 2.00 bits per heavy atom. The molecule has 1 N–H and O–H groups in total. The molecule has 23 heavy (non-hydrogen) atoms. The quantitative estimate of drug-likeness (QED) is 0.685. The summed E-state index contributed by atoms with van der Waals surface area (Å²) in [4.78, 5) is 6.75. The van der Waals surface area contributed by atoms with Crippen LogP contribution in [0.25, 0.3) is 0 Å². The first-order chi connectivity index (χ1) is 10.9. The van der Waals surface area contributed by atoms with Gasteiger partial charge in [0, 0.05) is 39.7 Å². The smallest absolute Gasteiger partial charge is 0.193 e. The molecule has 1 unspecified atom stereocenters. The van der Waals surface area contributed by atoms with Crippen LogP contribution >= 0.6 is 0 Å². The van der Waals surface area contributed by atoms with Crippen LogP contribution in [0.1, 0.15) is 38.3 Å². The summed E-state index contributed by atoms with van der Waals surface area (Å²) in [6.07, 6.45) is 1.18. The lowest BCUT2D eigenvalue weighted by Crippen LogP contribution is -2.39. The maximum atomic E-state index is 5.27. The fourth-order valence-corrected chi connectivity index (χ4v) is 3.03. The van der Waals surface area contributed by atoms with Crippen LogP contribution in [0.5, 0.6) is 0 Å². The lowest BCUT2D eigenvalue weighted by atomic mass is 9.87. The molecule has 0 saturated carbocycles. The second kappa shape index (κ2) is 7.82. The monoisotopic (exact) mass is 317 g/mol. The molecule has 128 valence electrons. The fourth-order valence-electron chi connectivity index (χ4n) is 3.03. The van der Waals surface area contributed by atoms with Gasteiger partial charge in [0.15, 0.2) is 5.96 Å². The van der Waals surface area contributed by atoms with Gasteiger partial charge in [0.05, 0.1) is 6.61 Å². The summed E-state index contributed by atoms with van der Waals surface area (Å²) in [5.74, 6) is 1.60. The molecular weight excluding hydrogens is 286 g/mol. The van der Waals surface area contributed by atoms with Crippen molar-refractivity contribution in [3.8, 4) is 0 Å². The van der Waals surface area contributed by atoms with Crippen molar-refractivity contribution in [2.45, 2.75) is 39.2 Å². The summed E-state index contributed by atoms with van der Waals surface area (Å²) in [5.41, 5.74) is 2.85. The van der Waals surface area contributed by atoms with Gasteiger partial charge in [-0.2, -0.15) is 0 Å². The minimum Gasteiger partial charge on any atom is -0.384 e. The number of likely N-dealkylation sites (tertiary alicyclic amines) is 1. The van der Waals surface area contributed by atoms with E-state index in [0.29, 0.717) is 5.92 Å². The van der Waals surface area contributed by atoms with E-state index in [0.717, 1.165) is 32.2 Å². The number of hydrogen-bond donors (Lipinski definition) is 1. The topological polar surface area (TPSA) is 36.9 Å². The Balaban J connectivity index is 1.89. The molecule has 4 nitrogen and oxygen atoms in total. The van der Waals surface area contributed by atoms with E-state index in [1.165, 1.54) is 17.5 Å². The number of ether oxygens (including phenoxy) is 1. The Labute approximate surface area is 140 Å². The van der Waals surface area contributed by atoms with E-state index >= 15 is 0 Å². The normalized spacial score (nSPS) is 19.3. The first-order valence-electron chi connectivity index (χ1n) is 8.48.